The Bertz CT molecular complexity index is 924. The summed E-state index contributed by atoms with van der Waals surface area (Å²) in [6.45, 7) is 1.58. The molecule has 0 unspecified atom stereocenters. The van der Waals surface area contributed by atoms with Gasteiger partial charge in [0, 0.05) is 58.0 Å². The molecule has 0 bridgehead atoms. The Morgan fingerprint density at radius 3 is 1.19 bits per heavy atom. The normalized spacial score (nSPS) is 17.3. The molecule has 1 aliphatic rings. The van der Waals surface area contributed by atoms with Crippen molar-refractivity contribution in [3.8, 4) is 0 Å². The summed E-state index contributed by atoms with van der Waals surface area (Å²) < 4.78 is 0. The minimum atomic E-state index is -1.08. The number of aromatic carboxylic acids is 1. The van der Waals surface area contributed by atoms with Crippen LogP contribution in [0.1, 0.15) is 10.4 Å². The Balaban J connectivity index is 2.11. The molecule has 0 saturated carbocycles. The number of anilines is 1. The van der Waals surface area contributed by atoms with Crippen molar-refractivity contribution in [2.45, 2.75) is 0 Å². The molecular weight excluding hydrogens is 490 g/mol. The van der Waals surface area contributed by atoms with E-state index in [0.29, 0.717) is 31.9 Å². The van der Waals surface area contributed by atoms with E-state index in [1.165, 1.54) is 24.3 Å². The standard InChI is InChI=1S/C23H33N5O9/c29-19(24-18-3-1-17(2-4-18)23(36)37)13-25-5-7-26(14-20(30)31)9-11-28(16-22(34)35)12-10-27(8-6-25)15-21(32)33/h1-4H,5-16H2,(H,24,29)(H,30,31)(H,32,33)(H,34,35)(H,36,37). The van der Waals surface area contributed by atoms with Crippen LogP contribution in [0.25, 0.3) is 0 Å². The molecule has 1 fully saturated rings. The quantitative estimate of drug-likeness (QED) is 0.246. The Morgan fingerprint density at radius 1 is 0.568 bits per heavy atom. The van der Waals surface area contributed by atoms with Crippen LogP contribution in [0.2, 0.25) is 0 Å². The minimum Gasteiger partial charge on any atom is -0.480 e. The number of nitrogens with one attached hydrogen (secondary N) is 1. The molecule has 14 heteroatoms. The summed E-state index contributed by atoms with van der Waals surface area (Å²) >= 11 is 0. The number of amides is 1. The second kappa shape index (κ2) is 14.8. The SMILES string of the molecule is O=C(O)CN1CCN(CC(=O)O)CCN(CC(=O)Nc2ccc(C(=O)O)cc2)CCN(CC(=O)O)CC1. The van der Waals surface area contributed by atoms with Crippen molar-refractivity contribution in [2.75, 3.05) is 83.9 Å². The zero-order valence-corrected chi connectivity index (χ0v) is 20.4. The van der Waals surface area contributed by atoms with Crippen LogP contribution in [-0.4, -0.2) is 148 Å². The average Bonchev–Trinajstić information content (AvgIpc) is 2.80. The maximum atomic E-state index is 12.7. The number of carboxylic acids is 4. The van der Waals surface area contributed by atoms with Gasteiger partial charge in [-0.15, -0.1) is 0 Å². The average molecular weight is 524 g/mol. The molecule has 1 amide bonds. The molecule has 5 N–H and O–H groups in total. The van der Waals surface area contributed by atoms with E-state index in [4.69, 9.17) is 5.11 Å². The van der Waals surface area contributed by atoms with E-state index in [2.05, 4.69) is 5.32 Å². The first-order valence-electron chi connectivity index (χ1n) is 11.7. The molecule has 1 saturated heterocycles. The molecule has 14 nitrogen and oxygen atoms in total. The summed E-state index contributed by atoms with van der Waals surface area (Å²) in [5.74, 6) is -4.54. The first-order valence-corrected chi connectivity index (χ1v) is 11.7. The van der Waals surface area contributed by atoms with Gasteiger partial charge in [-0.3, -0.25) is 38.8 Å². The number of benzene rings is 1. The summed E-state index contributed by atoms with van der Waals surface area (Å²) in [4.78, 5) is 64.4. The topological polar surface area (TPSA) is 191 Å². The highest BCUT2D eigenvalue weighted by Gasteiger charge is 2.21. The smallest absolute Gasteiger partial charge is 0.335 e. The van der Waals surface area contributed by atoms with Gasteiger partial charge in [-0.05, 0) is 24.3 Å². The number of aliphatic carboxylic acids is 3. The number of carbonyl (C=O) groups excluding carboxylic acids is 1. The maximum Gasteiger partial charge on any atom is 0.335 e. The van der Waals surface area contributed by atoms with E-state index < -0.39 is 23.9 Å². The Labute approximate surface area is 213 Å². The molecule has 0 radical (unpaired) electrons. The Morgan fingerprint density at radius 2 is 0.892 bits per heavy atom. The van der Waals surface area contributed by atoms with Gasteiger partial charge in [-0.2, -0.15) is 0 Å². The van der Waals surface area contributed by atoms with E-state index >= 15 is 0 Å². The number of nitrogens with zero attached hydrogens (tertiary/aromatic N) is 4. The van der Waals surface area contributed by atoms with Crippen molar-refractivity contribution in [1.82, 2.24) is 19.6 Å². The molecule has 1 aromatic rings. The molecule has 204 valence electrons. The van der Waals surface area contributed by atoms with E-state index in [1.54, 1.807) is 19.6 Å². The van der Waals surface area contributed by atoms with Gasteiger partial charge in [0.25, 0.3) is 0 Å². The molecule has 0 spiro atoms. The predicted octanol–water partition coefficient (Wildman–Crippen LogP) is -1.20. The third-order valence-electron chi connectivity index (χ3n) is 5.79. The minimum absolute atomic E-state index is 0.0480. The van der Waals surface area contributed by atoms with Crippen molar-refractivity contribution in [1.29, 1.82) is 0 Å². The van der Waals surface area contributed by atoms with Crippen LogP contribution in [0.5, 0.6) is 0 Å². The van der Waals surface area contributed by atoms with Crippen LogP contribution in [-0.2, 0) is 19.2 Å². The van der Waals surface area contributed by atoms with Gasteiger partial charge in [0.1, 0.15) is 0 Å². The first-order chi connectivity index (χ1) is 17.5. The largest absolute Gasteiger partial charge is 0.480 e. The third kappa shape index (κ3) is 11.8. The van der Waals surface area contributed by atoms with E-state index in [9.17, 15) is 39.3 Å². The summed E-state index contributed by atoms with van der Waals surface area (Å²) in [5.41, 5.74) is 0.503. The van der Waals surface area contributed by atoms with Crippen molar-refractivity contribution in [3.63, 3.8) is 0 Å². The fraction of sp³-hybridized carbons (Fsp3) is 0.522. The number of hydrogen-bond acceptors (Lipinski definition) is 9. The van der Waals surface area contributed by atoms with E-state index in [0.717, 1.165) is 0 Å². The molecule has 1 heterocycles. The molecule has 1 aromatic carbocycles. The maximum absolute atomic E-state index is 12.7. The fourth-order valence-electron chi connectivity index (χ4n) is 3.88. The fourth-order valence-corrected chi connectivity index (χ4v) is 3.88. The van der Waals surface area contributed by atoms with Gasteiger partial charge >= 0.3 is 23.9 Å². The molecule has 0 aliphatic carbocycles. The number of carboxylic acid groups (broad SMARTS) is 4. The van der Waals surface area contributed by atoms with Crippen molar-refractivity contribution in [3.05, 3.63) is 29.8 Å². The summed E-state index contributed by atoms with van der Waals surface area (Å²) in [5, 5.41) is 39.5. The zero-order chi connectivity index (χ0) is 27.4. The lowest BCUT2D eigenvalue weighted by molar-refractivity contribution is -0.140. The van der Waals surface area contributed by atoms with Crippen molar-refractivity contribution >= 4 is 35.5 Å². The zero-order valence-electron chi connectivity index (χ0n) is 20.4. The molecule has 2 rings (SSSR count). The second-order valence-electron chi connectivity index (χ2n) is 8.72. The van der Waals surface area contributed by atoms with Crippen LogP contribution in [0.15, 0.2) is 24.3 Å². The van der Waals surface area contributed by atoms with Crippen LogP contribution in [0.3, 0.4) is 0 Å². The number of rotatable bonds is 10. The number of carbonyl (C=O) groups is 5. The lowest BCUT2D eigenvalue weighted by Gasteiger charge is -2.32. The van der Waals surface area contributed by atoms with Crippen LogP contribution < -0.4 is 5.32 Å². The number of hydrogen-bond donors (Lipinski definition) is 5. The van der Waals surface area contributed by atoms with Crippen molar-refractivity contribution in [2.24, 2.45) is 0 Å². The summed E-state index contributed by atoms with van der Waals surface area (Å²) in [6.07, 6.45) is 0. The Hall–Kier alpha value is -3.59. The third-order valence-corrected chi connectivity index (χ3v) is 5.79. The Kier molecular flexibility index (Phi) is 11.9. The molecule has 37 heavy (non-hydrogen) atoms. The summed E-state index contributed by atoms with van der Waals surface area (Å²) in [7, 11) is 0. The highest BCUT2D eigenvalue weighted by Crippen LogP contribution is 2.10. The highest BCUT2D eigenvalue weighted by atomic mass is 16.4. The van der Waals surface area contributed by atoms with Gasteiger partial charge in [0.2, 0.25) is 5.91 Å². The molecule has 0 atom stereocenters. The van der Waals surface area contributed by atoms with Crippen LogP contribution >= 0.6 is 0 Å². The van der Waals surface area contributed by atoms with Gasteiger partial charge in [0.15, 0.2) is 0 Å². The lowest BCUT2D eigenvalue weighted by Crippen LogP contribution is -2.49. The second-order valence-corrected chi connectivity index (χ2v) is 8.72. The van der Waals surface area contributed by atoms with Gasteiger partial charge in [0.05, 0.1) is 31.7 Å². The predicted molar refractivity (Wildman–Crippen MR) is 131 cm³/mol. The van der Waals surface area contributed by atoms with Gasteiger partial charge < -0.3 is 25.7 Å². The first kappa shape index (κ1) is 29.6. The monoisotopic (exact) mass is 523 g/mol. The van der Waals surface area contributed by atoms with Crippen molar-refractivity contribution < 1.29 is 44.4 Å². The van der Waals surface area contributed by atoms with Crippen LogP contribution in [0.4, 0.5) is 5.69 Å². The van der Waals surface area contributed by atoms with E-state index in [1.807, 2.05) is 0 Å². The van der Waals surface area contributed by atoms with Gasteiger partial charge in [-0.1, -0.05) is 0 Å². The highest BCUT2D eigenvalue weighted by molar-refractivity contribution is 5.93. The molecule has 0 aromatic heterocycles. The van der Waals surface area contributed by atoms with Crippen LogP contribution in [0, 0.1) is 0 Å². The van der Waals surface area contributed by atoms with Gasteiger partial charge in [-0.25, -0.2) is 4.79 Å². The van der Waals surface area contributed by atoms with E-state index in [-0.39, 0.29) is 63.8 Å². The lowest BCUT2D eigenvalue weighted by atomic mass is 10.2. The summed E-state index contributed by atoms with van der Waals surface area (Å²) in [6, 6.07) is 5.69. The molecule has 1 aliphatic heterocycles. The molecular formula is C23H33N5O9.